The van der Waals surface area contributed by atoms with Crippen LogP contribution in [0.1, 0.15) is 94.9 Å². The van der Waals surface area contributed by atoms with Gasteiger partial charge in [-0.2, -0.15) is 0 Å². The SMILES string of the molecule is CCSC(=O)C[C@@H](O[Si](CC)(CC)CC)[C@@]1(C[C@@H]2OC(=O)OC2(C)C)CCC(C)(C)C(C(=O)C(C)C)C1=O. The largest absolute Gasteiger partial charge is 0.509 e. The molecule has 4 atom stereocenters. The Bertz CT molecular complexity index is 887. The van der Waals surface area contributed by atoms with Crippen LogP contribution in [0, 0.1) is 22.7 Å². The second kappa shape index (κ2) is 12.5. The first-order chi connectivity index (χ1) is 17.5. The molecule has 9 heteroatoms. The molecule has 0 radical (unpaired) electrons. The standard InChI is InChI=1S/C29H50O7SSi/c1-11-37-22(30)17-20(36-38(12-2,13-3)14-4)29(18-21-28(9,10)35-26(33)34-21)16-15-27(7,8)23(25(29)32)24(31)19(5)6/h19-21,23H,11-18H2,1-10H3/t20-,21+,23?,29+/m1/s1. The van der Waals surface area contributed by atoms with E-state index >= 15 is 0 Å². The van der Waals surface area contributed by atoms with Crippen molar-refractivity contribution >= 4 is 42.9 Å². The number of thioether (sulfide) groups is 1. The fraction of sp³-hybridized carbons (Fsp3) is 0.862. The van der Waals surface area contributed by atoms with Crippen molar-refractivity contribution in [1.82, 2.24) is 0 Å². The predicted octanol–water partition coefficient (Wildman–Crippen LogP) is 6.97. The lowest BCUT2D eigenvalue weighted by Crippen LogP contribution is -2.60. The van der Waals surface area contributed by atoms with E-state index in [0.717, 1.165) is 18.1 Å². The molecule has 1 saturated carbocycles. The minimum absolute atomic E-state index is 0.0219. The quantitative estimate of drug-likeness (QED) is 0.133. The first-order valence-electron chi connectivity index (χ1n) is 14.4. The minimum atomic E-state index is -2.28. The molecule has 38 heavy (non-hydrogen) atoms. The first-order valence-corrected chi connectivity index (χ1v) is 17.9. The van der Waals surface area contributed by atoms with E-state index in [9.17, 15) is 19.2 Å². The Morgan fingerprint density at radius 3 is 2.05 bits per heavy atom. The number of Topliss-reactive ketones (excluding diaryl/α,β-unsaturated/α-hetero) is 2. The van der Waals surface area contributed by atoms with Gasteiger partial charge in [-0.1, -0.05) is 67.2 Å². The molecule has 218 valence electrons. The summed E-state index contributed by atoms with van der Waals surface area (Å²) in [6.45, 7) is 19.5. The molecule has 1 aliphatic carbocycles. The average molecular weight is 571 g/mol. The van der Waals surface area contributed by atoms with E-state index in [1.807, 2.05) is 34.6 Å². The van der Waals surface area contributed by atoms with Gasteiger partial charge < -0.3 is 13.9 Å². The van der Waals surface area contributed by atoms with Gasteiger partial charge in [0, 0.05) is 18.8 Å². The van der Waals surface area contributed by atoms with Crippen molar-refractivity contribution in [3.63, 3.8) is 0 Å². The summed E-state index contributed by atoms with van der Waals surface area (Å²) in [5.74, 6) is -0.751. The summed E-state index contributed by atoms with van der Waals surface area (Å²) in [5, 5.41) is -0.0219. The Labute approximate surface area is 235 Å². The Balaban J connectivity index is 2.76. The highest BCUT2D eigenvalue weighted by atomic mass is 32.2. The Kier molecular flexibility index (Phi) is 10.9. The van der Waals surface area contributed by atoms with E-state index in [0.29, 0.717) is 18.6 Å². The van der Waals surface area contributed by atoms with Gasteiger partial charge in [-0.25, -0.2) is 4.79 Å². The van der Waals surface area contributed by atoms with Crippen LogP contribution in [-0.4, -0.2) is 54.7 Å². The molecule has 0 aromatic carbocycles. The van der Waals surface area contributed by atoms with E-state index in [4.69, 9.17) is 13.9 Å². The fourth-order valence-electron chi connectivity index (χ4n) is 6.16. The molecule has 1 saturated heterocycles. The highest BCUT2D eigenvalue weighted by Gasteiger charge is 2.62. The number of ketones is 2. The molecule has 0 N–H and O–H groups in total. The first kappa shape index (κ1) is 33.0. The monoisotopic (exact) mass is 570 g/mol. The third kappa shape index (κ3) is 6.74. The van der Waals surface area contributed by atoms with Crippen molar-refractivity contribution in [3.8, 4) is 0 Å². The summed E-state index contributed by atoms with van der Waals surface area (Å²) < 4.78 is 18.2. The molecule has 1 heterocycles. The van der Waals surface area contributed by atoms with Crippen molar-refractivity contribution in [2.45, 2.75) is 131 Å². The summed E-state index contributed by atoms with van der Waals surface area (Å²) in [4.78, 5) is 53.8. The number of rotatable bonds is 13. The lowest BCUT2D eigenvalue weighted by atomic mass is 9.53. The maximum atomic E-state index is 14.8. The molecule has 7 nitrogen and oxygen atoms in total. The molecule has 0 aromatic heterocycles. The van der Waals surface area contributed by atoms with Crippen molar-refractivity contribution in [3.05, 3.63) is 0 Å². The summed E-state index contributed by atoms with van der Waals surface area (Å²) in [5.41, 5.74) is -2.62. The molecule has 0 bridgehead atoms. The Hall–Kier alpha value is -1.19. The number of hydrogen-bond donors (Lipinski definition) is 0. The van der Waals surface area contributed by atoms with Crippen LogP contribution in [0.5, 0.6) is 0 Å². The zero-order chi connectivity index (χ0) is 29.1. The summed E-state index contributed by atoms with van der Waals surface area (Å²) in [6.07, 6.45) is -0.817. The maximum Gasteiger partial charge on any atom is 0.509 e. The lowest BCUT2D eigenvalue weighted by molar-refractivity contribution is -0.161. The smallest absolute Gasteiger partial charge is 0.427 e. The average Bonchev–Trinajstić information content (AvgIpc) is 3.09. The molecular weight excluding hydrogens is 520 g/mol. The number of cyclic esters (lactones) is 2. The van der Waals surface area contributed by atoms with Gasteiger partial charge in [0.25, 0.3) is 0 Å². The fourth-order valence-corrected chi connectivity index (χ4v) is 9.66. The molecule has 2 fully saturated rings. The van der Waals surface area contributed by atoms with Crippen molar-refractivity contribution in [2.24, 2.45) is 22.7 Å². The zero-order valence-corrected chi connectivity index (χ0v) is 27.0. The topological polar surface area (TPSA) is 96.0 Å². The number of ether oxygens (including phenoxy) is 2. The molecule has 2 rings (SSSR count). The van der Waals surface area contributed by atoms with E-state index in [-0.39, 0.29) is 35.4 Å². The number of hydrogen-bond acceptors (Lipinski definition) is 8. The van der Waals surface area contributed by atoms with Gasteiger partial charge in [-0.15, -0.1) is 0 Å². The van der Waals surface area contributed by atoms with Gasteiger partial charge in [-0.3, -0.25) is 14.4 Å². The van der Waals surface area contributed by atoms with E-state index in [1.165, 1.54) is 11.8 Å². The minimum Gasteiger partial charge on any atom is -0.427 e. The van der Waals surface area contributed by atoms with Crippen molar-refractivity contribution in [1.29, 1.82) is 0 Å². The van der Waals surface area contributed by atoms with Crippen LogP contribution in [0.3, 0.4) is 0 Å². The van der Waals surface area contributed by atoms with Gasteiger partial charge >= 0.3 is 6.16 Å². The van der Waals surface area contributed by atoms with Gasteiger partial charge in [0.05, 0.1) is 17.4 Å². The number of carbonyl (C=O) groups excluding carboxylic acids is 4. The molecular formula is C29H50O7SSi. The van der Waals surface area contributed by atoms with Gasteiger partial charge in [0.15, 0.2) is 19.2 Å². The van der Waals surface area contributed by atoms with E-state index < -0.39 is 49.0 Å². The van der Waals surface area contributed by atoms with Crippen LogP contribution in [0.15, 0.2) is 0 Å². The highest BCUT2D eigenvalue weighted by molar-refractivity contribution is 8.13. The third-order valence-corrected chi connectivity index (χ3v) is 14.5. The summed E-state index contributed by atoms with van der Waals surface area (Å²) in [6, 6.07) is 2.59. The van der Waals surface area contributed by atoms with Crippen molar-refractivity contribution < 1.29 is 33.1 Å². The van der Waals surface area contributed by atoms with Gasteiger partial charge in [0.1, 0.15) is 17.5 Å². The Morgan fingerprint density at radius 2 is 1.61 bits per heavy atom. The summed E-state index contributed by atoms with van der Waals surface area (Å²) in [7, 11) is -2.28. The molecule has 0 aromatic rings. The maximum absolute atomic E-state index is 14.8. The molecule has 1 unspecified atom stereocenters. The van der Waals surface area contributed by atoms with Crippen LogP contribution in [0.25, 0.3) is 0 Å². The predicted molar refractivity (Wildman–Crippen MR) is 154 cm³/mol. The lowest BCUT2D eigenvalue weighted by Gasteiger charge is -2.52. The van der Waals surface area contributed by atoms with E-state index in [2.05, 4.69) is 20.8 Å². The second-order valence-electron chi connectivity index (χ2n) is 12.6. The number of carbonyl (C=O) groups is 4. The zero-order valence-electron chi connectivity index (χ0n) is 25.2. The normalized spacial score (nSPS) is 27.7. The van der Waals surface area contributed by atoms with Crippen LogP contribution in [0.4, 0.5) is 4.79 Å². The second-order valence-corrected chi connectivity index (χ2v) is 18.7. The third-order valence-electron chi connectivity index (χ3n) is 9.11. The molecule has 2 aliphatic rings. The van der Waals surface area contributed by atoms with Crippen LogP contribution in [-0.2, 0) is 28.3 Å². The molecule has 0 amide bonds. The summed E-state index contributed by atoms with van der Waals surface area (Å²) >= 11 is 1.24. The van der Waals surface area contributed by atoms with E-state index in [1.54, 1.807) is 13.8 Å². The Morgan fingerprint density at radius 1 is 1.03 bits per heavy atom. The molecule has 0 spiro atoms. The molecule has 1 aliphatic heterocycles. The van der Waals surface area contributed by atoms with Crippen LogP contribution < -0.4 is 0 Å². The van der Waals surface area contributed by atoms with Gasteiger partial charge in [-0.05, 0) is 56.0 Å². The van der Waals surface area contributed by atoms with Crippen LogP contribution >= 0.6 is 11.8 Å². The van der Waals surface area contributed by atoms with Crippen LogP contribution in [0.2, 0.25) is 18.1 Å². The highest BCUT2D eigenvalue weighted by Crippen LogP contribution is 2.54. The van der Waals surface area contributed by atoms with Crippen molar-refractivity contribution in [2.75, 3.05) is 5.75 Å². The van der Waals surface area contributed by atoms with Gasteiger partial charge in [0.2, 0.25) is 0 Å².